The van der Waals surface area contributed by atoms with Crippen molar-refractivity contribution in [2.75, 3.05) is 25.1 Å². The van der Waals surface area contributed by atoms with Gasteiger partial charge in [-0.05, 0) is 41.3 Å². The molecule has 1 unspecified atom stereocenters. The first-order valence-electron chi connectivity index (χ1n) is 9.42. The highest BCUT2D eigenvalue weighted by atomic mass is 35.5. The number of ketones is 1. The topological polar surface area (TPSA) is 108 Å². The van der Waals surface area contributed by atoms with E-state index < -0.39 is 36.8 Å². The summed E-state index contributed by atoms with van der Waals surface area (Å²) in [5.74, 6) is 0.0447. The van der Waals surface area contributed by atoms with Gasteiger partial charge in [0.15, 0.2) is 5.78 Å². The van der Waals surface area contributed by atoms with Gasteiger partial charge in [-0.2, -0.15) is 0 Å². The van der Waals surface area contributed by atoms with Gasteiger partial charge in [-0.1, -0.05) is 29.8 Å². The number of hydrogen-bond acceptors (Lipinski definition) is 7. The first kappa shape index (κ1) is 20.1. The first-order chi connectivity index (χ1) is 14.0. The second-order valence-corrected chi connectivity index (χ2v) is 7.61. The third-order valence-corrected chi connectivity index (χ3v) is 5.60. The van der Waals surface area contributed by atoms with Gasteiger partial charge < -0.3 is 30.1 Å². The fraction of sp³-hybridized carbons (Fsp3) is 0.381. The third-order valence-electron chi connectivity index (χ3n) is 5.24. The van der Waals surface area contributed by atoms with E-state index in [0.29, 0.717) is 23.6 Å². The van der Waals surface area contributed by atoms with E-state index in [0.717, 1.165) is 29.1 Å². The van der Waals surface area contributed by atoms with E-state index in [9.17, 15) is 20.1 Å². The summed E-state index contributed by atoms with van der Waals surface area (Å²) < 4.78 is 11.2. The second-order valence-electron chi connectivity index (χ2n) is 7.20. The third kappa shape index (κ3) is 3.97. The molecule has 2 aliphatic heterocycles. The molecule has 0 aliphatic carbocycles. The van der Waals surface area contributed by atoms with Crippen molar-refractivity contribution in [2.45, 2.75) is 30.8 Å². The minimum Gasteiger partial charge on any atom is -0.490 e. The maximum absolute atomic E-state index is 12.1. The van der Waals surface area contributed by atoms with Crippen LogP contribution in [-0.2, 0) is 16.0 Å². The smallest absolute Gasteiger partial charge is 0.195 e. The summed E-state index contributed by atoms with van der Waals surface area (Å²) in [6.45, 7) is 0.850. The van der Waals surface area contributed by atoms with Gasteiger partial charge in [0.2, 0.25) is 0 Å². The lowest BCUT2D eigenvalue weighted by Gasteiger charge is -2.35. The van der Waals surface area contributed by atoms with E-state index in [1.165, 1.54) is 0 Å². The van der Waals surface area contributed by atoms with Crippen LogP contribution >= 0.6 is 11.6 Å². The normalized spacial score (nSPS) is 26.4. The molecule has 1 fully saturated rings. The van der Waals surface area contributed by atoms with Gasteiger partial charge in [0.25, 0.3) is 0 Å². The van der Waals surface area contributed by atoms with Crippen molar-refractivity contribution >= 4 is 23.1 Å². The quantitative estimate of drug-likeness (QED) is 0.594. The average molecular weight is 420 g/mol. The number of Topliss-reactive ketones (excluding diaryl/α,β-unsaturated/α-hetero) is 1. The van der Waals surface area contributed by atoms with E-state index in [1.807, 2.05) is 18.2 Å². The second kappa shape index (κ2) is 8.30. The van der Waals surface area contributed by atoms with Gasteiger partial charge in [0.05, 0.1) is 12.3 Å². The van der Waals surface area contributed by atoms with Gasteiger partial charge in [0, 0.05) is 11.6 Å². The predicted octanol–water partition coefficient (Wildman–Crippen LogP) is 1.46. The number of aliphatic hydroxyl groups is 3. The Kier molecular flexibility index (Phi) is 5.76. The molecule has 1 saturated heterocycles. The molecule has 4 atom stereocenters. The highest BCUT2D eigenvalue weighted by molar-refractivity contribution is 6.31. The predicted molar refractivity (Wildman–Crippen MR) is 106 cm³/mol. The Morgan fingerprint density at radius 3 is 2.76 bits per heavy atom. The van der Waals surface area contributed by atoms with Crippen LogP contribution in [0, 0.1) is 0 Å². The average Bonchev–Trinajstić information content (AvgIpc) is 2.74. The van der Waals surface area contributed by atoms with Crippen molar-refractivity contribution in [3.63, 3.8) is 0 Å². The van der Waals surface area contributed by atoms with Crippen LogP contribution in [0.25, 0.3) is 0 Å². The van der Waals surface area contributed by atoms with Gasteiger partial charge in [-0.25, -0.2) is 0 Å². The molecule has 0 amide bonds. The number of hydrogen-bond donors (Lipinski definition) is 4. The highest BCUT2D eigenvalue weighted by Gasteiger charge is 2.43. The SMILES string of the molecule is O=C1C(O)[C@@H](CO)O[C@@H](c2ccc(Cl)c(Cc3ccc4c(c3)NCCO4)c2)[C@H]1O. The number of rotatable bonds is 4. The van der Waals surface area contributed by atoms with Crippen LogP contribution in [0.4, 0.5) is 5.69 Å². The maximum Gasteiger partial charge on any atom is 0.195 e. The number of fused-ring (bicyclic) bond motifs is 1. The molecule has 7 nitrogen and oxygen atoms in total. The Morgan fingerprint density at radius 1 is 1.14 bits per heavy atom. The number of carbonyl (C=O) groups excluding carboxylic acids is 1. The van der Waals surface area contributed by atoms with E-state index >= 15 is 0 Å². The lowest BCUT2D eigenvalue weighted by atomic mass is 9.91. The van der Waals surface area contributed by atoms with Crippen LogP contribution in [0.3, 0.4) is 0 Å². The molecule has 0 saturated carbocycles. The molecular weight excluding hydrogens is 398 g/mol. The number of aliphatic hydroxyl groups excluding tert-OH is 3. The van der Waals surface area contributed by atoms with Gasteiger partial charge in [-0.3, -0.25) is 4.79 Å². The molecule has 29 heavy (non-hydrogen) atoms. The zero-order valence-corrected chi connectivity index (χ0v) is 16.3. The highest BCUT2D eigenvalue weighted by Crippen LogP contribution is 2.34. The summed E-state index contributed by atoms with van der Waals surface area (Å²) in [5.41, 5.74) is 3.30. The van der Waals surface area contributed by atoms with Crippen LogP contribution in [-0.4, -0.2) is 59.2 Å². The number of nitrogens with one attached hydrogen (secondary N) is 1. The number of benzene rings is 2. The lowest BCUT2D eigenvalue weighted by molar-refractivity contribution is -0.189. The van der Waals surface area contributed by atoms with Crippen LogP contribution in [0.2, 0.25) is 5.02 Å². The summed E-state index contributed by atoms with van der Waals surface area (Å²) in [6, 6.07) is 11.0. The molecule has 2 aromatic carbocycles. The molecule has 8 heteroatoms. The number of ether oxygens (including phenoxy) is 2. The Balaban J connectivity index is 1.60. The molecule has 2 aliphatic rings. The van der Waals surface area contributed by atoms with Gasteiger partial charge in [-0.15, -0.1) is 0 Å². The zero-order chi connectivity index (χ0) is 20.5. The van der Waals surface area contributed by atoms with Crippen molar-refractivity contribution in [3.8, 4) is 5.75 Å². The summed E-state index contributed by atoms with van der Waals surface area (Å²) in [4.78, 5) is 12.1. The number of anilines is 1. The Hall–Kier alpha value is -2.16. The van der Waals surface area contributed by atoms with E-state index in [2.05, 4.69) is 5.32 Å². The van der Waals surface area contributed by atoms with Crippen LogP contribution in [0.5, 0.6) is 5.75 Å². The van der Waals surface area contributed by atoms with Crippen LogP contribution in [0.15, 0.2) is 36.4 Å². The minimum atomic E-state index is -1.55. The van der Waals surface area contributed by atoms with Crippen LogP contribution in [0.1, 0.15) is 22.8 Å². The standard InChI is InChI=1S/C21H22ClNO6/c22-14-3-2-12(21-20(27)19(26)18(25)17(10-24)29-21)9-13(14)7-11-1-4-16-15(8-11)23-5-6-28-16/h1-4,8-9,17-18,20-21,23-25,27H,5-7,10H2/t17-,18?,20+,21+/m1/s1. The molecule has 0 bridgehead atoms. The minimum absolute atomic E-state index is 0.527. The maximum atomic E-state index is 12.1. The molecule has 0 radical (unpaired) electrons. The Bertz CT molecular complexity index is 920. The van der Waals surface area contributed by atoms with Crippen molar-refractivity contribution in [1.29, 1.82) is 0 Å². The molecule has 2 aromatic rings. The van der Waals surface area contributed by atoms with Gasteiger partial charge >= 0.3 is 0 Å². The molecule has 154 valence electrons. The Morgan fingerprint density at radius 2 is 1.97 bits per heavy atom. The van der Waals surface area contributed by atoms with Gasteiger partial charge in [0.1, 0.15) is 36.8 Å². The number of carbonyl (C=O) groups is 1. The summed E-state index contributed by atoms with van der Waals surface area (Å²) >= 11 is 6.38. The summed E-state index contributed by atoms with van der Waals surface area (Å²) in [7, 11) is 0. The summed E-state index contributed by atoms with van der Waals surface area (Å²) in [6.07, 6.45) is -4.61. The lowest BCUT2D eigenvalue weighted by Crippen LogP contribution is -2.52. The molecule has 2 heterocycles. The molecular formula is C21H22ClNO6. The number of halogens is 1. The van der Waals surface area contributed by atoms with Crippen molar-refractivity contribution < 1.29 is 29.6 Å². The fourth-order valence-corrected chi connectivity index (χ4v) is 3.86. The van der Waals surface area contributed by atoms with E-state index in [-0.39, 0.29) is 0 Å². The molecule has 0 spiro atoms. The first-order valence-corrected chi connectivity index (χ1v) is 9.80. The van der Waals surface area contributed by atoms with E-state index in [4.69, 9.17) is 21.1 Å². The zero-order valence-electron chi connectivity index (χ0n) is 15.5. The van der Waals surface area contributed by atoms with Crippen molar-refractivity contribution in [2.24, 2.45) is 0 Å². The van der Waals surface area contributed by atoms with Crippen LogP contribution < -0.4 is 10.1 Å². The van der Waals surface area contributed by atoms with Crippen molar-refractivity contribution in [1.82, 2.24) is 0 Å². The van der Waals surface area contributed by atoms with E-state index in [1.54, 1.807) is 18.2 Å². The fourth-order valence-electron chi connectivity index (χ4n) is 3.67. The Labute approximate surface area is 172 Å². The molecule has 4 N–H and O–H groups in total. The monoisotopic (exact) mass is 419 g/mol. The molecule has 4 rings (SSSR count). The largest absolute Gasteiger partial charge is 0.490 e. The summed E-state index contributed by atoms with van der Waals surface area (Å²) in [5, 5.41) is 33.3. The van der Waals surface area contributed by atoms with Crippen molar-refractivity contribution in [3.05, 3.63) is 58.1 Å². The molecule has 0 aromatic heterocycles.